The summed E-state index contributed by atoms with van der Waals surface area (Å²) in [6.07, 6.45) is -0.407. The first-order chi connectivity index (χ1) is 5.62. The van der Waals surface area contributed by atoms with Crippen molar-refractivity contribution in [3.63, 3.8) is 0 Å². The maximum Gasteiger partial charge on any atom is 0.406 e. The Kier molecular flexibility index (Phi) is 28.7. The quantitative estimate of drug-likeness (QED) is 0.552. The number of hydrogen-bond acceptors (Lipinski definition) is 3. The smallest absolute Gasteiger partial charge is 0.406 e. The molecule has 0 fully saturated rings. The highest BCUT2D eigenvalue weighted by Gasteiger charge is 1.85. The predicted molar refractivity (Wildman–Crippen MR) is 58.4 cm³/mol. The first-order valence-electron chi connectivity index (χ1n) is 3.27. The number of urea groups is 1. The van der Waals surface area contributed by atoms with Crippen molar-refractivity contribution in [2.75, 3.05) is 28.3 Å². The molecular weight excluding hydrogens is 186 g/mol. The van der Waals surface area contributed by atoms with Gasteiger partial charge in [0.1, 0.15) is 0 Å². The molecule has 88 valence electrons. The molecule has 0 aliphatic heterocycles. The van der Waals surface area contributed by atoms with Gasteiger partial charge in [-0.05, 0) is 0 Å². The summed E-state index contributed by atoms with van der Waals surface area (Å²) in [5, 5.41) is 6.98. The molecule has 0 heterocycles. The number of nitrogens with one attached hydrogen (secondary N) is 3. The average molecular weight is 209 g/mol. The van der Waals surface area contributed by atoms with Gasteiger partial charge in [0.15, 0.2) is 0 Å². The second kappa shape index (κ2) is 17.6. The summed E-state index contributed by atoms with van der Waals surface area (Å²) >= 11 is 0. The Morgan fingerprint density at radius 3 is 1.29 bits per heavy atom. The lowest BCUT2D eigenvalue weighted by Crippen LogP contribution is -2.28. The molecule has 0 aromatic carbocycles. The van der Waals surface area contributed by atoms with Crippen LogP contribution in [0, 0.1) is 0 Å². The standard InChI is InChI=1S/C3H8N2O.C3H7NO2.2CH4/c1-4-3(6)5-2;1-4-3(5)6-2;;/h1-2H3,(H2,4,5,6);1-2H3,(H,4,5);2*1H4. The third-order valence-corrected chi connectivity index (χ3v) is 0.844. The fraction of sp³-hybridized carbons (Fsp3) is 0.750. The molecule has 0 aromatic rings. The minimum absolute atomic E-state index is 0. The molecule has 14 heavy (non-hydrogen) atoms. The van der Waals surface area contributed by atoms with Gasteiger partial charge in [0.05, 0.1) is 7.11 Å². The van der Waals surface area contributed by atoms with Gasteiger partial charge in [0.25, 0.3) is 0 Å². The Morgan fingerprint density at radius 1 is 0.929 bits per heavy atom. The molecular formula is C8H23N3O3. The maximum atomic E-state index is 9.96. The Hall–Kier alpha value is -1.46. The van der Waals surface area contributed by atoms with Crippen LogP contribution in [0.2, 0.25) is 0 Å². The van der Waals surface area contributed by atoms with E-state index in [-0.39, 0.29) is 20.9 Å². The maximum absolute atomic E-state index is 9.96. The summed E-state index contributed by atoms with van der Waals surface area (Å²) in [6.45, 7) is 0. The van der Waals surface area contributed by atoms with E-state index in [1.807, 2.05) is 0 Å². The predicted octanol–water partition coefficient (Wildman–Crippen LogP) is 0.790. The lowest BCUT2D eigenvalue weighted by Gasteiger charge is -1.91. The Labute approximate surface area is 86.4 Å². The highest BCUT2D eigenvalue weighted by molar-refractivity contribution is 5.72. The molecule has 0 radical (unpaired) electrons. The molecule has 0 rings (SSSR count). The van der Waals surface area contributed by atoms with Crippen LogP contribution in [-0.4, -0.2) is 40.4 Å². The van der Waals surface area contributed by atoms with E-state index in [0.717, 1.165) is 0 Å². The lowest BCUT2D eigenvalue weighted by atomic mass is 11.0. The second-order valence-electron chi connectivity index (χ2n) is 1.57. The molecule has 0 atom stereocenters. The molecule has 0 spiro atoms. The van der Waals surface area contributed by atoms with Crippen molar-refractivity contribution >= 4 is 12.1 Å². The third kappa shape index (κ3) is 22.4. The molecule has 6 nitrogen and oxygen atoms in total. The van der Waals surface area contributed by atoms with E-state index in [1.165, 1.54) is 14.2 Å². The molecule has 3 amide bonds. The number of rotatable bonds is 0. The van der Waals surface area contributed by atoms with Gasteiger partial charge in [-0.25, -0.2) is 9.59 Å². The normalized spacial score (nSPS) is 6.00. The zero-order valence-electron chi connectivity index (χ0n) is 7.72. The summed E-state index contributed by atoms with van der Waals surface area (Å²) in [6, 6.07) is -0.157. The van der Waals surface area contributed by atoms with Crippen molar-refractivity contribution in [3.8, 4) is 0 Å². The largest absolute Gasteiger partial charge is 0.453 e. The van der Waals surface area contributed by atoms with Crippen LogP contribution < -0.4 is 16.0 Å². The fourth-order valence-electron chi connectivity index (χ4n) is 0.227. The fourth-order valence-corrected chi connectivity index (χ4v) is 0.227. The van der Waals surface area contributed by atoms with Gasteiger partial charge in [-0.3, -0.25) is 0 Å². The molecule has 0 aliphatic carbocycles. The summed E-state index contributed by atoms with van der Waals surface area (Å²) < 4.78 is 4.15. The van der Waals surface area contributed by atoms with E-state index in [9.17, 15) is 9.59 Å². The van der Waals surface area contributed by atoms with E-state index in [0.29, 0.717) is 0 Å². The topological polar surface area (TPSA) is 79.5 Å². The lowest BCUT2D eigenvalue weighted by molar-refractivity contribution is 0.173. The van der Waals surface area contributed by atoms with Gasteiger partial charge in [0, 0.05) is 21.1 Å². The summed E-state index contributed by atoms with van der Waals surface area (Å²) in [4.78, 5) is 19.8. The van der Waals surface area contributed by atoms with Crippen molar-refractivity contribution in [1.29, 1.82) is 0 Å². The SMILES string of the molecule is C.C.CNC(=O)NC.CNC(=O)OC. The van der Waals surface area contributed by atoms with Crippen molar-refractivity contribution in [2.45, 2.75) is 14.9 Å². The zero-order valence-corrected chi connectivity index (χ0v) is 7.72. The summed E-state index contributed by atoms with van der Waals surface area (Å²) in [7, 11) is 5.96. The first-order valence-corrected chi connectivity index (χ1v) is 3.27. The van der Waals surface area contributed by atoms with Crippen molar-refractivity contribution in [1.82, 2.24) is 16.0 Å². The molecule has 0 bridgehead atoms. The van der Waals surface area contributed by atoms with Crippen molar-refractivity contribution < 1.29 is 14.3 Å². The van der Waals surface area contributed by atoms with Crippen LogP contribution in [-0.2, 0) is 4.74 Å². The Balaban J connectivity index is -0.0000000625. The highest BCUT2D eigenvalue weighted by atomic mass is 16.5. The molecule has 0 saturated heterocycles. The number of alkyl carbamates (subject to hydrolysis) is 1. The number of carbonyl (C=O) groups excluding carboxylic acids is 2. The third-order valence-electron chi connectivity index (χ3n) is 0.844. The number of carbonyl (C=O) groups is 2. The number of amides is 3. The van der Waals surface area contributed by atoms with Crippen molar-refractivity contribution in [3.05, 3.63) is 0 Å². The average Bonchev–Trinajstić information content (AvgIpc) is 2.16. The molecule has 0 saturated carbocycles. The van der Waals surface area contributed by atoms with Crippen LogP contribution in [0.3, 0.4) is 0 Å². The first kappa shape index (κ1) is 22.9. The van der Waals surface area contributed by atoms with E-state index in [1.54, 1.807) is 14.1 Å². The van der Waals surface area contributed by atoms with Gasteiger partial charge < -0.3 is 20.7 Å². The highest BCUT2D eigenvalue weighted by Crippen LogP contribution is 1.62. The number of methoxy groups -OCH3 is 1. The zero-order chi connectivity index (χ0) is 9.98. The molecule has 0 aromatic heterocycles. The Morgan fingerprint density at radius 2 is 1.29 bits per heavy atom. The van der Waals surface area contributed by atoms with E-state index in [2.05, 4.69) is 20.7 Å². The van der Waals surface area contributed by atoms with Crippen LogP contribution >= 0.6 is 0 Å². The molecule has 6 heteroatoms. The van der Waals surface area contributed by atoms with E-state index < -0.39 is 6.09 Å². The van der Waals surface area contributed by atoms with Gasteiger partial charge in [-0.2, -0.15) is 0 Å². The second-order valence-corrected chi connectivity index (χ2v) is 1.57. The van der Waals surface area contributed by atoms with Crippen molar-refractivity contribution in [2.24, 2.45) is 0 Å². The van der Waals surface area contributed by atoms with Crippen LogP contribution in [0.1, 0.15) is 14.9 Å². The van der Waals surface area contributed by atoms with Crippen LogP contribution in [0.15, 0.2) is 0 Å². The summed E-state index contributed by atoms with van der Waals surface area (Å²) in [5.41, 5.74) is 0. The van der Waals surface area contributed by atoms with Gasteiger partial charge in [-0.15, -0.1) is 0 Å². The molecule has 3 N–H and O–H groups in total. The molecule has 0 unspecified atom stereocenters. The minimum atomic E-state index is -0.407. The molecule has 0 aliphatic rings. The number of hydrogen-bond donors (Lipinski definition) is 3. The monoisotopic (exact) mass is 209 g/mol. The summed E-state index contributed by atoms with van der Waals surface area (Å²) in [5.74, 6) is 0. The number of ether oxygens (including phenoxy) is 1. The minimum Gasteiger partial charge on any atom is -0.453 e. The van der Waals surface area contributed by atoms with Crippen LogP contribution in [0.5, 0.6) is 0 Å². The van der Waals surface area contributed by atoms with Gasteiger partial charge in [0.2, 0.25) is 0 Å². The van der Waals surface area contributed by atoms with E-state index in [4.69, 9.17) is 0 Å². The van der Waals surface area contributed by atoms with Crippen LogP contribution in [0.4, 0.5) is 9.59 Å². The van der Waals surface area contributed by atoms with Gasteiger partial charge >= 0.3 is 12.1 Å². The van der Waals surface area contributed by atoms with Gasteiger partial charge in [-0.1, -0.05) is 14.9 Å². The Bertz CT molecular complexity index is 112. The van der Waals surface area contributed by atoms with E-state index >= 15 is 0 Å². The van der Waals surface area contributed by atoms with Crippen LogP contribution in [0.25, 0.3) is 0 Å².